The Morgan fingerprint density at radius 2 is 1.90 bits per heavy atom. The number of piperidine rings is 1. The van der Waals surface area contributed by atoms with Gasteiger partial charge in [0, 0.05) is 12.0 Å². The highest BCUT2D eigenvalue weighted by molar-refractivity contribution is 5.86. The fraction of sp³-hybridized carbons (Fsp3) is 0.867. The minimum Gasteiger partial charge on any atom is -0.465 e. The van der Waals surface area contributed by atoms with Crippen molar-refractivity contribution in [3.8, 4) is 0 Å². The molecule has 0 aromatic carbocycles. The van der Waals surface area contributed by atoms with Crippen LogP contribution < -0.4 is 5.32 Å². The number of carbonyl (C=O) groups excluding carboxylic acids is 2. The summed E-state index contributed by atoms with van der Waals surface area (Å²) in [6.45, 7) is 10.6. The predicted molar refractivity (Wildman–Crippen MR) is 78.3 cm³/mol. The summed E-state index contributed by atoms with van der Waals surface area (Å²) in [7, 11) is 0. The lowest BCUT2D eigenvalue weighted by atomic mass is 9.79. The molecule has 0 aromatic rings. The van der Waals surface area contributed by atoms with Crippen molar-refractivity contribution < 1.29 is 14.3 Å². The van der Waals surface area contributed by atoms with E-state index in [0.29, 0.717) is 19.1 Å². The molecule has 0 aromatic heterocycles. The molecule has 1 fully saturated rings. The molecular formula is C15H28N2O3. The summed E-state index contributed by atoms with van der Waals surface area (Å²) in [5.41, 5.74) is -0.355. The van der Waals surface area contributed by atoms with Gasteiger partial charge in [-0.1, -0.05) is 20.8 Å². The van der Waals surface area contributed by atoms with E-state index >= 15 is 0 Å². The number of hydrogen-bond donors (Lipinski definition) is 1. The molecule has 20 heavy (non-hydrogen) atoms. The smallest absolute Gasteiger partial charge is 0.325 e. The number of nitrogens with one attached hydrogen (secondary N) is 1. The zero-order valence-corrected chi connectivity index (χ0v) is 13.2. The molecular weight excluding hydrogens is 256 g/mol. The lowest BCUT2D eigenvalue weighted by Gasteiger charge is -2.37. The summed E-state index contributed by atoms with van der Waals surface area (Å²) in [6, 6.07) is 0. The second kappa shape index (κ2) is 7.62. The molecule has 0 spiro atoms. The highest BCUT2D eigenvalue weighted by Gasteiger charge is 2.38. The van der Waals surface area contributed by atoms with Crippen LogP contribution in [0.2, 0.25) is 0 Å². The fourth-order valence-corrected chi connectivity index (χ4v) is 2.60. The normalized spacial score (nSPS) is 17.9. The highest BCUT2D eigenvalue weighted by atomic mass is 16.5. The lowest BCUT2D eigenvalue weighted by molar-refractivity contribution is -0.153. The number of rotatable bonds is 6. The maximum atomic E-state index is 12.8. The molecule has 0 saturated carbocycles. The van der Waals surface area contributed by atoms with Crippen molar-refractivity contribution in [3.63, 3.8) is 0 Å². The Kier molecular flexibility index (Phi) is 6.46. The van der Waals surface area contributed by atoms with Crippen LogP contribution in [-0.2, 0) is 14.3 Å². The zero-order chi connectivity index (χ0) is 15.2. The Hall–Kier alpha value is -1.10. The Balaban J connectivity index is 2.75. The summed E-state index contributed by atoms with van der Waals surface area (Å²) in [5, 5.41) is 3.27. The minimum absolute atomic E-state index is 0.0634. The summed E-state index contributed by atoms with van der Waals surface area (Å²) in [4.78, 5) is 26.2. The minimum atomic E-state index is -0.355. The van der Waals surface area contributed by atoms with Gasteiger partial charge in [0.15, 0.2) is 0 Å². The third kappa shape index (κ3) is 4.78. The third-order valence-corrected chi connectivity index (χ3v) is 3.72. The molecule has 1 heterocycles. The van der Waals surface area contributed by atoms with Crippen molar-refractivity contribution in [2.45, 2.75) is 40.5 Å². The number of esters is 1. The summed E-state index contributed by atoms with van der Waals surface area (Å²) >= 11 is 0. The molecule has 116 valence electrons. The fourth-order valence-electron chi connectivity index (χ4n) is 2.60. The molecule has 0 unspecified atom stereocenters. The van der Waals surface area contributed by atoms with Gasteiger partial charge in [0.25, 0.3) is 0 Å². The van der Waals surface area contributed by atoms with Crippen LogP contribution in [0.3, 0.4) is 0 Å². The van der Waals surface area contributed by atoms with Gasteiger partial charge < -0.3 is 15.0 Å². The van der Waals surface area contributed by atoms with Crippen LogP contribution in [0.1, 0.15) is 40.5 Å². The quantitative estimate of drug-likeness (QED) is 0.750. The van der Waals surface area contributed by atoms with Crippen LogP contribution in [0.4, 0.5) is 0 Å². The van der Waals surface area contributed by atoms with Gasteiger partial charge in [-0.05, 0) is 38.8 Å². The number of amides is 1. The summed E-state index contributed by atoms with van der Waals surface area (Å²) < 4.78 is 4.98. The van der Waals surface area contributed by atoms with Gasteiger partial charge in [-0.15, -0.1) is 0 Å². The van der Waals surface area contributed by atoms with E-state index in [-0.39, 0.29) is 23.8 Å². The molecule has 1 rings (SSSR count). The van der Waals surface area contributed by atoms with Crippen LogP contribution in [0.15, 0.2) is 0 Å². The third-order valence-electron chi connectivity index (χ3n) is 3.72. The van der Waals surface area contributed by atoms with E-state index in [2.05, 4.69) is 19.2 Å². The van der Waals surface area contributed by atoms with Crippen molar-refractivity contribution in [2.24, 2.45) is 11.3 Å². The lowest BCUT2D eigenvalue weighted by Crippen LogP contribution is -2.50. The van der Waals surface area contributed by atoms with Crippen LogP contribution >= 0.6 is 0 Å². The Bertz CT molecular complexity index is 336. The average molecular weight is 284 g/mol. The summed E-state index contributed by atoms with van der Waals surface area (Å²) in [5.74, 6) is 0.0958. The highest BCUT2D eigenvalue weighted by Crippen LogP contribution is 2.30. The topological polar surface area (TPSA) is 58.6 Å². The van der Waals surface area contributed by atoms with Gasteiger partial charge in [-0.2, -0.15) is 0 Å². The molecule has 1 aliphatic heterocycles. The van der Waals surface area contributed by atoms with Gasteiger partial charge in [-0.25, -0.2) is 0 Å². The molecule has 1 saturated heterocycles. The maximum Gasteiger partial charge on any atom is 0.325 e. The van der Waals surface area contributed by atoms with Crippen molar-refractivity contribution in [3.05, 3.63) is 0 Å². The maximum absolute atomic E-state index is 12.8. The van der Waals surface area contributed by atoms with Crippen LogP contribution in [0.25, 0.3) is 0 Å². The average Bonchev–Trinajstić information content (AvgIpc) is 2.37. The van der Waals surface area contributed by atoms with Gasteiger partial charge in [0.05, 0.1) is 6.61 Å². The Morgan fingerprint density at radius 3 is 2.40 bits per heavy atom. The van der Waals surface area contributed by atoms with Gasteiger partial charge in [0.2, 0.25) is 5.91 Å². The second-order valence-corrected chi connectivity index (χ2v) is 6.20. The first-order chi connectivity index (χ1) is 9.39. The molecule has 0 bridgehead atoms. The van der Waals surface area contributed by atoms with Crippen LogP contribution in [0.5, 0.6) is 0 Å². The number of ether oxygens (including phenoxy) is 1. The first kappa shape index (κ1) is 17.0. The van der Waals surface area contributed by atoms with E-state index in [9.17, 15) is 9.59 Å². The molecule has 1 aliphatic rings. The molecule has 1 amide bonds. The predicted octanol–water partition coefficient (Wildman–Crippen LogP) is 1.42. The zero-order valence-electron chi connectivity index (χ0n) is 13.2. The first-order valence-corrected chi connectivity index (χ1v) is 7.54. The first-order valence-electron chi connectivity index (χ1n) is 7.54. The largest absolute Gasteiger partial charge is 0.465 e. The van der Waals surface area contributed by atoms with Crippen LogP contribution in [-0.4, -0.2) is 49.6 Å². The SMILES string of the molecule is CCOC(=O)CN(CC(C)C)C(=O)C1(C)CCNCC1. The van der Waals surface area contributed by atoms with Crippen LogP contribution in [0, 0.1) is 11.3 Å². The van der Waals surface area contributed by atoms with E-state index < -0.39 is 0 Å². The second-order valence-electron chi connectivity index (χ2n) is 6.20. The Morgan fingerprint density at radius 1 is 1.30 bits per heavy atom. The summed E-state index contributed by atoms with van der Waals surface area (Å²) in [6.07, 6.45) is 1.65. The van der Waals surface area contributed by atoms with Gasteiger partial charge in [0.1, 0.15) is 6.54 Å². The monoisotopic (exact) mass is 284 g/mol. The molecule has 5 heteroatoms. The number of nitrogens with zero attached hydrogens (tertiary/aromatic N) is 1. The standard InChI is InChI=1S/C15H28N2O3/c1-5-20-13(18)11-17(10-12(2)3)14(19)15(4)6-8-16-9-7-15/h12,16H,5-11H2,1-4H3. The van der Waals surface area contributed by atoms with E-state index in [1.54, 1.807) is 11.8 Å². The van der Waals surface area contributed by atoms with Crippen molar-refractivity contribution in [1.82, 2.24) is 10.2 Å². The van der Waals surface area contributed by atoms with Crippen molar-refractivity contribution in [1.29, 1.82) is 0 Å². The molecule has 1 N–H and O–H groups in total. The molecule has 0 atom stereocenters. The van der Waals surface area contributed by atoms with E-state index in [1.807, 2.05) is 6.92 Å². The van der Waals surface area contributed by atoms with Gasteiger partial charge >= 0.3 is 5.97 Å². The molecule has 0 aliphatic carbocycles. The van der Waals surface area contributed by atoms with Crippen molar-refractivity contribution >= 4 is 11.9 Å². The molecule has 0 radical (unpaired) electrons. The number of hydrogen-bond acceptors (Lipinski definition) is 4. The number of carbonyl (C=O) groups is 2. The molecule has 5 nitrogen and oxygen atoms in total. The van der Waals surface area contributed by atoms with Crippen molar-refractivity contribution in [2.75, 3.05) is 32.8 Å². The van der Waals surface area contributed by atoms with E-state index in [4.69, 9.17) is 4.74 Å². The Labute approximate surface area is 122 Å². The van der Waals surface area contributed by atoms with E-state index in [0.717, 1.165) is 25.9 Å². The van der Waals surface area contributed by atoms with Gasteiger partial charge in [-0.3, -0.25) is 9.59 Å². The van der Waals surface area contributed by atoms with E-state index in [1.165, 1.54) is 0 Å².